The smallest absolute Gasteiger partial charge is 0.121 e. The van der Waals surface area contributed by atoms with Crippen LogP contribution >= 0.6 is 34.5 Å². The minimum absolute atomic E-state index is 0.666. The topological polar surface area (TPSA) is 25.8 Å². The number of hydrogen-bond donors (Lipinski definition) is 0. The molecular weight excluding hydrogens is 275 g/mol. The Balaban J connectivity index is 2.04. The molecule has 0 bridgehead atoms. The fourth-order valence-corrected chi connectivity index (χ4v) is 2.73. The number of nitrogens with zero attached hydrogens (tertiary/aromatic N) is 2. The van der Waals surface area contributed by atoms with Gasteiger partial charge in [0.05, 0.1) is 0 Å². The summed E-state index contributed by atoms with van der Waals surface area (Å²) in [6.45, 7) is 0. The van der Waals surface area contributed by atoms with Crippen LogP contribution in [-0.2, 0) is 12.8 Å². The molecular formula is C12H12Cl2N2S. The van der Waals surface area contributed by atoms with E-state index in [1.54, 1.807) is 11.3 Å². The normalized spacial score (nSPS) is 10.7. The zero-order chi connectivity index (χ0) is 12.1. The number of hydrogen-bond acceptors (Lipinski definition) is 3. The van der Waals surface area contributed by atoms with E-state index in [0.717, 1.165) is 39.9 Å². The summed E-state index contributed by atoms with van der Waals surface area (Å²) in [5.41, 5.74) is 1.09. The van der Waals surface area contributed by atoms with Gasteiger partial charge in [-0.3, -0.25) is 0 Å². The number of benzene rings is 1. The molecule has 2 aromatic rings. The molecule has 0 aliphatic rings. The summed E-state index contributed by atoms with van der Waals surface area (Å²) in [5, 5.41) is 11.2. The standard InChI is InChI=1S/C12H12Cl2N2S/c13-7-3-6-11-15-16-12(17-11)8-9-4-1-2-5-10(9)14/h1-2,4-5H,3,6-8H2. The Morgan fingerprint density at radius 2 is 1.88 bits per heavy atom. The van der Waals surface area contributed by atoms with Gasteiger partial charge in [0, 0.05) is 23.7 Å². The lowest BCUT2D eigenvalue weighted by molar-refractivity contribution is 0.874. The lowest BCUT2D eigenvalue weighted by Crippen LogP contribution is -1.88. The van der Waals surface area contributed by atoms with Gasteiger partial charge in [0.2, 0.25) is 0 Å². The molecule has 2 nitrogen and oxygen atoms in total. The lowest BCUT2D eigenvalue weighted by Gasteiger charge is -1.99. The van der Waals surface area contributed by atoms with E-state index in [9.17, 15) is 0 Å². The summed E-state index contributed by atoms with van der Waals surface area (Å²) in [7, 11) is 0. The molecule has 17 heavy (non-hydrogen) atoms. The van der Waals surface area contributed by atoms with Crippen LogP contribution in [0.3, 0.4) is 0 Å². The van der Waals surface area contributed by atoms with Crippen molar-refractivity contribution in [2.75, 3.05) is 5.88 Å². The van der Waals surface area contributed by atoms with Gasteiger partial charge < -0.3 is 0 Å². The van der Waals surface area contributed by atoms with Crippen molar-refractivity contribution in [2.45, 2.75) is 19.3 Å². The van der Waals surface area contributed by atoms with Gasteiger partial charge in [0.15, 0.2) is 0 Å². The molecule has 5 heteroatoms. The molecule has 0 amide bonds. The van der Waals surface area contributed by atoms with E-state index in [2.05, 4.69) is 10.2 Å². The molecule has 1 aromatic carbocycles. The van der Waals surface area contributed by atoms with Crippen molar-refractivity contribution in [1.82, 2.24) is 10.2 Å². The third-order valence-corrected chi connectivity index (χ3v) is 3.95. The van der Waals surface area contributed by atoms with Gasteiger partial charge in [-0.1, -0.05) is 29.8 Å². The summed E-state index contributed by atoms with van der Waals surface area (Å²) in [6, 6.07) is 7.82. The highest BCUT2D eigenvalue weighted by atomic mass is 35.5. The summed E-state index contributed by atoms with van der Waals surface area (Å²) >= 11 is 13.4. The molecule has 0 spiro atoms. The summed E-state index contributed by atoms with van der Waals surface area (Å²) in [4.78, 5) is 0. The number of aromatic nitrogens is 2. The van der Waals surface area contributed by atoms with Gasteiger partial charge in [-0.05, 0) is 18.1 Å². The van der Waals surface area contributed by atoms with Gasteiger partial charge in [-0.15, -0.1) is 33.1 Å². The Kier molecular flexibility index (Phi) is 4.77. The maximum Gasteiger partial charge on any atom is 0.121 e. The van der Waals surface area contributed by atoms with Crippen molar-refractivity contribution in [3.05, 3.63) is 44.9 Å². The highest BCUT2D eigenvalue weighted by Crippen LogP contribution is 2.21. The van der Waals surface area contributed by atoms with E-state index in [1.807, 2.05) is 24.3 Å². The lowest BCUT2D eigenvalue weighted by atomic mass is 10.2. The van der Waals surface area contributed by atoms with E-state index < -0.39 is 0 Å². The van der Waals surface area contributed by atoms with Gasteiger partial charge >= 0.3 is 0 Å². The Morgan fingerprint density at radius 3 is 2.65 bits per heavy atom. The molecule has 2 rings (SSSR count). The SMILES string of the molecule is ClCCCc1nnc(Cc2ccccc2Cl)s1. The second-order valence-corrected chi connectivity index (χ2v) is 5.58. The van der Waals surface area contributed by atoms with Crippen LogP contribution in [0.5, 0.6) is 0 Å². The van der Waals surface area contributed by atoms with Gasteiger partial charge in [-0.2, -0.15) is 0 Å². The van der Waals surface area contributed by atoms with Crippen molar-refractivity contribution in [3.8, 4) is 0 Å². The predicted octanol–water partition coefficient (Wildman–Crippen LogP) is 3.95. The number of rotatable bonds is 5. The van der Waals surface area contributed by atoms with Crippen LogP contribution in [0.15, 0.2) is 24.3 Å². The first kappa shape index (κ1) is 12.8. The number of aryl methyl sites for hydroxylation is 1. The molecule has 0 aliphatic heterocycles. The second kappa shape index (κ2) is 6.34. The first-order valence-electron chi connectivity index (χ1n) is 5.40. The van der Waals surface area contributed by atoms with Crippen molar-refractivity contribution in [3.63, 3.8) is 0 Å². The van der Waals surface area contributed by atoms with Crippen molar-refractivity contribution < 1.29 is 0 Å². The fraction of sp³-hybridized carbons (Fsp3) is 0.333. The molecule has 1 heterocycles. The zero-order valence-electron chi connectivity index (χ0n) is 9.20. The van der Waals surface area contributed by atoms with Gasteiger partial charge in [-0.25, -0.2) is 0 Å². The van der Waals surface area contributed by atoms with E-state index in [4.69, 9.17) is 23.2 Å². The fourth-order valence-electron chi connectivity index (χ4n) is 1.48. The molecule has 0 saturated carbocycles. The van der Waals surface area contributed by atoms with Gasteiger partial charge in [0.1, 0.15) is 10.0 Å². The highest BCUT2D eigenvalue weighted by Gasteiger charge is 2.07. The van der Waals surface area contributed by atoms with Crippen molar-refractivity contribution in [1.29, 1.82) is 0 Å². The third kappa shape index (κ3) is 3.66. The van der Waals surface area contributed by atoms with Crippen LogP contribution in [0.2, 0.25) is 5.02 Å². The molecule has 0 saturated heterocycles. The Labute approximate surface area is 115 Å². The molecule has 0 N–H and O–H groups in total. The van der Waals surface area contributed by atoms with Crippen LogP contribution < -0.4 is 0 Å². The Morgan fingerprint density at radius 1 is 1.12 bits per heavy atom. The zero-order valence-corrected chi connectivity index (χ0v) is 11.5. The molecule has 0 fully saturated rings. The molecule has 0 aliphatic carbocycles. The second-order valence-electron chi connectivity index (χ2n) is 3.65. The van der Waals surface area contributed by atoms with Crippen LogP contribution in [0.25, 0.3) is 0 Å². The Hall–Kier alpha value is -0.640. The Bertz CT molecular complexity index is 485. The first-order valence-corrected chi connectivity index (χ1v) is 7.13. The van der Waals surface area contributed by atoms with Crippen LogP contribution in [0, 0.1) is 0 Å². The molecule has 0 unspecified atom stereocenters. The van der Waals surface area contributed by atoms with Crippen LogP contribution in [-0.4, -0.2) is 16.1 Å². The van der Waals surface area contributed by atoms with E-state index in [0.29, 0.717) is 5.88 Å². The van der Waals surface area contributed by atoms with Crippen LogP contribution in [0.4, 0.5) is 0 Å². The maximum atomic E-state index is 6.10. The average Bonchev–Trinajstić information content (AvgIpc) is 2.77. The highest BCUT2D eigenvalue weighted by molar-refractivity contribution is 7.11. The first-order chi connectivity index (χ1) is 8.29. The monoisotopic (exact) mass is 286 g/mol. The largest absolute Gasteiger partial charge is 0.144 e. The molecule has 90 valence electrons. The minimum atomic E-state index is 0.666. The van der Waals surface area contributed by atoms with Crippen molar-refractivity contribution >= 4 is 34.5 Å². The quantitative estimate of drug-likeness (QED) is 0.778. The number of halogens is 2. The molecule has 1 aromatic heterocycles. The van der Waals surface area contributed by atoms with Crippen molar-refractivity contribution in [2.24, 2.45) is 0 Å². The van der Waals surface area contributed by atoms with E-state index in [-0.39, 0.29) is 0 Å². The van der Waals surface area contributed by atoms with Gasteiger partial charge in [0.25, 0.3) is 0 Å². The minimum Gasteiger partial charge on any atom is -0.144 e. The maximum absolute atomic E-state index is 6.10. The molecule has 0 radical (unpaired) electrons. The third-order valence-electron chi connectivity index (χ3n) is 2.33. The van der Waals surface area contributed by atoms with E-state index >= 15 is 0 Å². The van der Waals surface area contributed by atoms with E-state index in [1.165, 1.54) is 0 Å². The average molecular weight is 287 g/mol. The summed E-state index contributed by atoms with van der Waals surface area (Å²) in [5.74, 6) is 0.666. The van der Waals surface area contributed by atoms with Crippen LogP contribution in [0.1, 0.15) is 22.0 Å². The predicted molar refractivity (Wildman–Crippen MR) is 73.2 cm³/mol. The summed E-state index contributed by atoms with van der Waals surface area (Å²) in [6.07, 6.45) is 2.60. The number of alkyl halides is 1. The molecule has 0 atom stereocenters. The summed E-state index contributed by atoms with van der Waals surface area (Å²) < 4.78 is 0.